The van der Waals surface area contributed by atoms with Gasteiger partial charge in [-0.25, -0.2) is 18.6 Å². The summed E-state index contributed by atoms with van der Waals surface area (Å²) in [5, 5.41) is 4.24. The van der Waals surface area contributed by atoms with Crippen LogP contribution in [0.1, 0.15) is 45.2 Å². The van der Waals surface area contributed by atoms with Gasteiger partial charge in [-0.2, -0.15) is 9.78 Å². The largest absolute Gasteiger partial charge is 0.442 e. The van der Waals surface area contributed by atoms with Crippen LogP contribution in [0.15, 0.2) is 18.5 Å². The molecule has 0 aromatic carbocycles. The van der Waals surface area contributed by atoms with Gasteiger partial charge in [0.05, 0.1) is 11.9 Å². The second-order valence-corrected chi connectivity index (χ2v) is 6.61. The van der Waals surface area contributed by atoms with Crippen molar-refractivity contribution in [3.05, 3.63) is 35.8 Å². The molecule has 0 bridgehead atoms. The van der Waals surface area contributed by atoms with Crippen LogP contribution < -0.4 is 0 Å². The zero-order valence-corrected chi connectivity index (χ0v) is 13.1. The molecule has 2 aromatic heterocycles. The molecule has 5 nitrogen and oxygen atoms in total. The third kappa shape index (κ3) is 3.38. The zero-order chi connectivity index (χ0) is 16.8. The van der Waals surface area contributed by atoms with Gasteiger partial charge in [-0.15, -0.1) is 0 Å². The lowest BCUT2D eigenvalue weighted by Gasteiger charge is -2.18. The van der Waals surface area contributed by atoms with Crippen LogP contribution in [-0.2, 0) is 4.74 Å². The van der Waals surface area contributed by atoms with E-state index in [-0.39, 0.29) is 11.6 Å². The molecule has 23 heavy (non-hydrogen) atoms. The van der Waals surface area contributed by atoms with E-state index in [1.807, 2.05) is 0 Å². The summed E-state index contributed by atoms with van der Waals surface area (Å²) >= 11 is 0. The highest BCUT2D eigenvalue weighted by Gasteiger charge is 2.32. The van der Waals surface area contributed by atoms with E-state index >= 15 is 0 Å². The lowest BCUT2D eigenvalue weighted by molar-refractivity contribution is 0.0514. The summed E-state index contributed by atoms with van der Waals surface area (Å²) in [6.45, 7) is 5.24. The van der Waals surface area contributed by atoms with Gasteiger partial charge in [-0.1, -0.05) is 0 Å². The maximum absolute atomic E-state index is 14.0. The van der Waals surface area contributed by atoms with Crippen molar-refractivity contribution in [1.29, 1.82) is 0 Å². The molecule has 0 radical (unpaired) electrons. The van der Waals surface area contributed by atoms with Crippen LogP contribution >= 0.6 is 0 Å². The Balaban J connectivity index is 2.01. The Kier molecular flexibility index (Phi) is 3.66. The molecular weight excluding hydrogens is 304 g/mol. The van der Waals surface area contributed by atoms with E-state index in [0.29, 0.717) is 11.3 Å². The first-order valence-electron chi connectivity index (χ1n) is 7.39. The van der Waals surface area contributed by atoms with Gasteiger partial charge in [0.25, 0.3) is 0 Å². The summed E-state index contributed by atoms with van der Waals surface area (Å²) in [6, 6.07) is 0.768. The normalized spacial score (nSPS) is 14.8. The van der Waals surface area contributed by atoms with Gasteiger partial charge in [0, 0.05) is 23.7 Å². The molecule has 2 aromatic rings. The lowest BCUT2D eigenvalue weighted by Crippen LogP contribution is -2.27. The molecule has 1 aliphatic rings. The van der Waals surface area contributed by atoms with Gasteiger partial charge in [0.15, 0.2) is 5.82 Å². The van der Waals surface area contributed by atoms with Gasteiger partial charge in [-0.05, 0) is 33.6 Å². The number of halogens is 2. The lowest BCUT2D eigenvalue weighted by atomic mass is 10.1. The average Bonchev–Trinajstić information content (AvgIpc) is 3.16. The summed E-state index contributed by atoms with van der Waals surface area (Å²) in [5.74, 6) is -1.37. The third-order valence-electron chi connectivity index (χ3n) is 3.35. The molecule has 0 atom stereocenters. The van der Waals surface area contributed by atoms with Crippen LogP contribution in [0.4, 0.5) is 13.6 Å². The smallest absolute Gasteiger partial charge is 0.435 e. The Hall–Kier alpha value is -2.31. The minimum atomic E-state index is -0.782. The highest BCUT2D eigenvalue weighted by molar-refractivity contribution is 5.73. The predicted octanol–water partition coefficient (Wildman–Crippen LogP) is 3.88. The molecular formula is C16H17F2N3O2. The van der Waals surface area contributed by atoms with Crippen LogP contribution in [-0.4, -0.2) is 26.5 Å². The van der Waals surface area contributed by atoms with E-state index < -0.39 is 23.3 Å². The highest BCUT2D eigenvalue weighted by atomic mass is 19.1. The second-order valence-electron chi connectivity index (χ2n) is 6.61. The molecule has 0 saturated heterocycles. The first kappa shape index (κ1) is 15.6. The number of ether oxygens (including phenoxy) is 1. The predicted molar refractivity (Wildman–Crippen MR) is 79.0 cm³/mol. The molecule has 3 rings (SSSR count). The van der Waals surface area contributed by atoms with Crippen molar-refractivity contribution >= 4 is 6.09 Å². The summed E-state index contributed by atoms with van der Waals surface area (Å²) < 4.78 is 33.4. The first-order chi connectivity index (χ1) is 10.7. The van der Waals surface area contributed by atoms with Crippen molar-refractivity contribution in [2.24, 2.45) is 0 Å². The van der Waals surface area contributed by atoms with Crippen LogP contribution in [0, 0.1) is 11.6 Å². The van der Waals surface area contributed by atoms with E-state index in [2.05, 4.69) is 10.1 Å². The highest BCUT2D eigenvalue weighted by Crippen LogP contribution is 2.43. The Morgan fingerprint density at radius 1 is 1.35 bits per heavy atom. The summed E-state index contributed by atoms with van der Waals surface area (Å²) in [7, 11) is 0. The summed E-state index contributed by atoms with van der Waals surface area (Å²) in [4.78, 5) is 16.0. The fraction of sp³-hybridized carbons (Fsp3) is 0.438. The minimum Gasteiger partial charge on any atom is -0.442 e. The molecule has 1 saturated carbocycles. The quantitative estimate of drug-likeness (QED) is 0.842. The van der Waals surface area contributed by atoms with Crippen molar-refractivity contribution < 1.29 is 18.3 Å². The van der Waals surface area contributed by atoms with Crippen molar-refractivity contribution in [2.75, 3.05) is 0 Å². The molecule has 122 valence electrons. The Bertz CT molecular complexity index is 761. The van der Waals surface area contributed by atoms with Gasteiger partial charge in [0.2, 0.25) is 0 Å². The maximum Gasteiger partial charge on any atom is 0.435 e. The Morgan fingerprint density at radius 3 is 2.61 bits per heavy atom. The fourth-order valence-corrected chi connectivity index (χ4v) is 2.24. The van der Waals surface area contributed by atoms with Crippen LogP contribution in [0.5, 0.6) is 0 Å². The summed E-state index contributed by atoms with van der Waals surface area (Å²) in [6.07, 6.45) is 3.53. The monoisotopic (exact) mass is 321 g/mol. The maximum atomic E-state index is 14.0. The Labute approximate surface area is 132 Å². The van der Waals surface area contributed by atoms with Crippen molar-refractivity contribution in [1.82, 2.24) is 14.8 Å². The van der Waals surface area contributed by atoms with Gasteiger partial charge in [0.1, 0.15) is 17.1 Å². The molecule has 1 aliphatic carbocycles. The average molecular weight is 321 g/mol. The molecule has 2 heterocycles. The van der Waals surface area contributed by atoms with E-state index in [9.17, 15) is 13.6 Å². The molecule has 0 amide bonds. The number of pyridine rings is 1. The summed E-state index contributed by atoms with van der Waals surface area (Å²) in [5.41, 5.74) is 0.315. The number of aromatic nitrogens is 3. The molecule has 1 fully saturated rings. The van der Waals surface area contributed by atoms with E-state index in [1.165, 1.54) is 6.20 Å². The van der Waals surface area contributed by atoms with Crippen LogP contribution in [0.25, 0.3) is 11.3 Å². The first-order valence-corrected chi connectivity index (χ1v) is 7.39. The number of carbonyl (C=O) groups is 1. The molecule has 0 spiro atoms. The van der Waals surface area contributed by atoms with Crippen molar-refractivity contribution in [2.45, 2.75) is 45.1 Å². The number of hydrogen-bond acceptors (Lipinski definition) is 4. The van der Waals surface area contributed by atoms with Gasteiger partial charge in [-0.3, -0.25) is 0 Å². The number of rotatable bonds is 2. The fourth-order valence-electron chi connectivity index (χ4n) is 2.24. The SMILES string of the molecule is CC(C)(C)OC(=O)n1cc(-c2ncc(F)cc2F)c(C2CC2)n1. The standard InChI is InChI=1S/C16H17F2N3O2/c1-16(2,3)23-15(22)21-8-11(13(20-21)9-4-5-9)14-12(18)6-10(17)7-19-14/h6-9H,4-5H2,1-3H3. The zero-order valence-electron chi connectivity index (χ0n) is 13.1. The van der Waals surface area contributed by atoms with E-state index in [0.717, 1.165) is 29.8 Å². The van der Waals surface area contributed by atoms with E-state index in [4.69, 9.17) is 4.74 Å². The minimum absolute atomic E-state index is 0.0110. The molecule has 0 N–H and O–H groups in total. The molecule has 0 aliphatic heterocycles. The number of carbonyl (C=O) groups excluding carboxylic acids is 1. The van der Waals surface area contributed by atoms with Crippen molar-refractivity contribution in [3.8, 4) is 11.3 Å². The van der Waals surface area contributed by atoms with Crippen LogP contribution in [0.3, 0.4) is 0 Å². The van der Waals surface area contributed by atoms with Gasteiger partial charge >= 0.3 is 6.09 Å². The molecule has 0 unspecified atom stereocenters. The Morgan fingerprint density at radius 2 is 2.04 bits per heavy atom. The topological polar surface area (TPSA) is 57.0 Å². The van der Waals surface area contributed by atoms with E-state index in [1.54, 1.807) is 20.8 Å². The van der Waals surface area contributed by atoms with Gasteiger partial charge < -0.3 is 4.74 Å². The van der Waals surface area contributed by atoms with Crippen LogP contribution in [0.2, 0.25) is 0 Å². The third-order valence-corrected chi connectivity index (χ3v) is 3.35. The molecule has 7 heteroatoms. The number of nitrogens with zero attached hydrogens (tertiary/aromatic N) is 3. The number of hydrogen-bond donors (Lipinski definition) is 0. The van der Waals surface area contributed by atoms with Crippen molar-refractivity contribution in [3.63, 3.8) is 0 Å². The second kappa shape index (κ2) is 5.40.